The Hall–Kier alpha value is -1.59. The van der Waals surface area contributed by atoms with Gasteiger partial charge in [0.2, 0.25) is 5.91 Å². The summed E-state index contributed by atoms with van der Waals surface area (Å²) in [4.78, 5) is 38.6. The van der Waals surface area contributed by atoms with Gasteiger partial charge in [0, 0.05) is 6.04 Å². The first kappa shape index (κ1) is 18.2. The van der Waals surface area contributed by atoms with Gasteiger partial charge in [0.15, 0.2) is 0 Å². The summed E-state index contributed by atoms with van der Waals surface area (Å²) >= 11 is 0. The highest BCUT2D eigenvalue weighted by Crippen LogP contribution is 2.37. The molecular weight excluding hydrogens is 318 g/mol. The summed E-state index contributed by atoms with van der Waals surface area (Å²) in [5.41, 5.74) is -0.762. The number of imide groups is 1. The SMILES string of the molecule is CCC1CCC2(CC1)NC(=O)N(CC(=O)NC1CCCC(C)C1)C2=O. The van der Waals surface area contributed by atoms with Crippen LogP contribution in [-0.4, -0.2) is 40.9 Å². The van der Waals surface area contributed by atoms with E-state index in [1.165, 1.54) is 6.42 Å². The van der Waals surface area contributed by atoms with Crippen LogP contribution in [0.5, 0.6) is 0 Å². The molecule has 1 saturated heterocycles. The first-order valence-electron chi connectivity index (χ1n) is 9.87. The summed E-state index contributed by atoms with van der Waals surface area (Å²) in [6.45, 7) is 4.21. The van der Waals surface area contributed by atoms with Crippen LogP contribution in [0.25, 0.3) is 0 Å². The zero-order chi connectivity index (χ0) is 18.0. The fraction of sp³-hybridized carbons (Fsp3) is 0.842. The normalized spacial score (nSPS) is 35.8. The van der Waals surface area contributed by atoms with Crippen molar-refractivity contribution in [3.63, 3.8) is 0 Å². The minimum Gasteiger partial charge on any atom is -0.352 e. The van der Waals surface area contributed by atoms with Gasteiger partial charge in [-0.25, -0.2) is 4.79 Å². The summed E-state index contributed by atoms with van der Waals surface area (Å²) in [5.74, 6) is 0.829. The van der Waals surface area contributed by atoms with E-state index in [-0.39, 0.29) is 24.4 Å². The molecule has 0 bridgehead atoms. The van der Waals surface area contributed by atoms with Crippen LogP contribution in [0.4, 0.5) is 4.79 Å². The van der Waals surface area contributed by atoms with Crippen LogP contribution in [0.2, 0.25) is 0 Å². The Morgan fingerprint density at radius 2 is 1.96 bits per heavy atom. The molecule has 2 aliphatic carbocycles. The Morgan fingerprint density at radius 1 is 1.24 bits per heavy atom. The maximum Gasteiger partial charge on any atom is 0.325 e. The Bertz CT molecular complexity index is 540. The number of carbonyl (C=O) groups is 3. The van der Waals surface area contributed by atoms with Gasteiger partial charge in [-0.15, -0.1) is 0 Å². The average molecular weight is 349 g/mol. The Morgan fingerprint density at radius 3 is 2.60 bits per heavy atom. The van der Waals surface area contributed by atoms with E-state index in [9.17, 15) is 14.4 Å². The molecule has 140 valence electrons. The Kier molecular flexibility index (Phi) is 5.35. The lowest BCUT2D eigenvalue weighted by atomic mass is 9.75. The predicted molar refractivity (Wildman–Crippen MR) is 94.8 cm³/mol. The monoisotopic (exact) mass is 349 g/mol. The van der Waals surface area contributed by atoms with Crippen LogP contribution < -0.4 is 10.6 Å². The summed E-state index contributed by atoms with van der Waals surface area (Å²) in [7, 11) is 0. The molecule has 3 rings (SSSR count). The third-order valence-electron chi connectivity index (χ3n) is 6.39. The molecule has 6 heteroatoms. The van der Waals surface area contributed by atoms with E-state index in [4.69, 9.17) is 0 Å². The molecule has 1 aliphatic heterocycles. The highest BCUT2D eigenvalue weighted by Gasteiger charge is 2.52. The van der Waals surface area contributed by atoms with Crippen molar-refractivity contribution in [1.82, 2.24) is 15.5 Å². The molecule has 0 aromatic rings. The topological polar surface area (TPSA) is 78.5 Å². The van der Waals surface area contributed by atoms with Crippen molar-refractivity contribution in [2.75, 3.05) is 6.54 Å². The van der Waals surface area contributed by atoms with Crippen molar-refractivity contribution < 1.29 is 14.4 Å². The third-order valence-corrected chi connectivity index (χ3v) is 6.39. The number of carbonyl (C=O) groups excluding carboxylic acids is 3. The Labute approximate surface area is 150 Å². The fourth-order valence-electron chi connectivity index (χ4n) is 4.72. The van der Waals surface area contributed by atoms with Crippen LogP contribution >= 0.6 is 0 Å². The van der Waals surface area contributed by atoms with E-state index in [0.29, 0.717) is 24.7 Å². The number of nitrogens with one attached hydrogen (secondary N) is 2. The molecule has 0 aromatic heterocycles. The van der Waals surface area contributed by atoms with E-state index in [0.717, 1.165) is 43.4 Å². The second kappa shape index (κ2) is 7.34. The minimum absolute atomic E-state index is 0.158. The van der Waals surface area contributed by atoms with Crippen LogP contribution in [0.1, 0.15) is 71.6 Å². The standard InChI is InChI=1S/C19H31N3O3/c1-3-14-7-9-19(10-8-14)17(24)22(18(25)21-19)12-16(23)20-15-6-4-5-13(2)11-15/h13-15H,3-12H2,1-2H3,(H,20,23)(H,21,25). The largest absolute Gasteiger partial charge is 0.352 e. The van der Waals surface area contributed by atoms with Gasteiger partial charge in [0.05, 0.1) is 0 Å². The van der Waals surface area contributed by atoms with Crippen molar-refractivity contribution in [3.8, 4) is 0 Å². The molecule has 6 nitrogen and oxygen atoms in total. The molecule has 3 aliphatic rings. The van der Waals surface area contributed by atoms with Crippen LogP contribution in [0, 0.1) is 11.8 Å². The summed E-state index contributed by atoms with van der Waals surface area (Å²) < 4.78 is 0. The van der Waals surface area contributed by atoms with Crippen molar-refractivity contribution in [2.45, 2.75) is 83.2 Å². The molecule has 4 amide bonds. The maximum absolute atomic E-state index is 12.8. The van der Waals surface area contributed by atoms with Gasteiger partial charge in [-0.05, 0) is 50.4 Å². The number of urea groups is 1. The second-order valence-electron chi connectivity index (χ2n) is 8.29. The number of rotatable bonds is 4. The smallest absolute Gasteiger partial charge is 0.325 e. The lowest BCUT2D eigenvalue weighted by Crippen LogP contribution is -2.50. The van der Waals surface area contributed by atoms with E-state index < -0.39 is 11.6 Å². The zero-order valence-electron chi connectivity index (χ0n) is 15.5. The summed E-state index contributed by atoms with van der Waals surface area (Å²) in [6.07, 6.45) is 8.71. The maximum atomic E-state index is 12.8. The van der Waals surface area contributed by atoms with Crippen molar-refractivity contribution in [2.24, 2.45) is 11.8 Å². The highest BCUT2D eigenvalue weighted by molar-refractivity contribution is 6.09. The van der Waals surface area contributed by atoms with Crippen molar-refractivity contribution in [3.05, 3.63) is 0 Å². The molecule has 1 spiro atoms. The van der Waals surface area contributed by atoms with E-state index in [1.807, 2.05) is 0 Å². The van der Waals surface area contributed by atoms with Gasteiger partial charge in [0.25, 0.3) is 5.91 Å². The fourth-order valence-corrected chi connectivity index (χ4v) is 4.72. The quantitative estimate of drug-likeness (QED) is 0.766. The molecule has 25 heavy (non-hydrogen) atoms. The summed E-state index contributed by atoms with van der Waals surface area (Å²) in [6, 6.07) is -0.238. The van der Waals surface area contributed by atoms with Crippen LogP contribution in [0.15, 0.2) is 0 Å². The number of amides is 4. The van der Waals surface area contributed by atoms with Gasteiger partial charge in [-0.2, -0.15) is 0 Å². The molecule has 0 radical (unpaired) electrons. The molecule has 1 heterocycles. The number of hydrogen-bond donors (Lipinski definition) is 2. The van der Waals surface area contributed by atoms with Crippen LogP contribution in [-0.2, 0) is 9.59 Å². The van der Waals surface area contributed by atoms with Gasteiger partial charge < -0.3 is 10.6 Å². The molecule has 2 N–H and O–H groups in total. The van der Waals surface area contributed by atoms with Gasteiger partial charge in [0.1, 0.15) is 12.1 Å². The van der Waals surface area contributed by atoms with E-state index in [2.05, 4.69) is 24.5 Å². The van der Waals surface area contributed by atoms with Crippen LogP contribution in [0.3, 0.4) is 0 Å². The van der Waals surface area contributed by atoms with Gasteiger partial charge in [-0.3, -0.25) is 14.5 Å². The van der Waals surface area contributed by atoms with Gasteiger partial charge >= 0.3 is 6.03 Å². The highest BCUT2D eigenvalue weighted by atomic mass is 16.2. The van der Waals surface area contributed by atoms with E-state index in [1.54, 1.807) is 0 Å². The average Bonchev–Trinajstić information content (AvgIpc) is 2.80. The first-order valence-corrected chi connectivity index (χ1v) is 9.87. The third kappa shape index (κ3) is 3.82. The minimum atomic E-state index is -0.762. The van der Waals surface area contributed by atoms with E-state index >= 15 is 0 Å². The summed E-state index contributed by atoms with van der Waals surface area (Å²) in [5, 5.41) is 5.90. The first-order chi connectivity index (χ1) is 11.9. The molecule has 2 saturated carbocycles. The molecule has 2 unspecified atom stereocenters. The number of nitrogens with zero attached hydrogens (tertiary/aromatic N) is 1. The second-order valence-corrected chi connectivity index (χ2v) is 8.29. The molecule has 3 fully saturated rings. The lowest BCUT2D eigenvalue weighted by molar-refractivity contribution is -0.136. The van der Waals surface area contributed by atoms with Gasteiger partial charge in [-0.1, -0.05) is 33.1 Å². The van der Waals surface area contributed by atoms with Crippen molar-refractivity contribution in [1.29, 1.82) is 0 Å². The lowest BCUT2D eigenvalue weighted by Gasteiger charge is -2.34. The molecule has 2 atom stereocenters. The molecule has 0 aromatic carbocycles. The zero-order valence-corrected chi connectivity index (χ0v) is 15.5. The Balaban J connectivity index is 1.56. The number of hydrogen-bond acceptors (Lipinski definition) is 3. The van der Waals surface area contributed by atoms with Crippen molar-refractivity contribution >= 4 is 17.8 Å². The molecular formula is C19H31N3O3. The predicted octanol–water partition coefficient (Wildman–Crippen LogP) is 2.57.